The minimum absolute atomic E-state index is 0.398. The third kappa shape index (κ3) is 1.44. The van der Waals surface area contributed by atoms with E-state index in [9.17, 15) is 0 Å². The molecule has 2 rings (SSSR count). The number of anilines is 1. The lowest BCUT2D eigenvalue weighted by Gasteiger charge is -2.00. The van der Waals surface area contributed by atoms with Crippen LogP contribution in [0.4, 0.5) is 5.95 Å². The highest BCUT2D eigenvalue weighted by Crippen LogP contribution is 2.19. The molecule has 0 bridgehead atoms. The number of nitrogens with two attached hydrogens (primary N) is 1. The maximum Gasteiger partial charge on any atom is 0.222 e. The molecular weight excluding hydrogens is 200 g/mol. The number of nitrogens with zero attached hydrogens (tertiary/aromatic N) is 3. The zero-order valence-corrected chi connectivity index (χ0v) is 8.36. The van der Waals surface area contributed by atoms with E-state index in [4.69, 9.17) is 17.3 Å². The van der Waals surface area contributed by atoms with Gasteiger partial charge in [-0.25, -0.2) is 0 Å². The number of hydrogen-bond acceptors (Lipinski definition) is 3. The maximum absolute atomic E-state index is 5.78. The quantitative estimate of drug-likeness (QED) is 0.777. The Kier molecular flexibility index (Phi) is 2.13. The highest BCUT2D eigenvalue weighted by molar-refractivity contribution is 6.30. The van der Waals surface area contributed by atoms with Crippen molar-refractivity contribution in [3.63, 3.8) is 0 Å². The van der Waals surface area contributed by atoms with Gasteiger partial charge in [0.15, 0.2) is 5.82 Å². The molecule has 0 spiro atoms. The van der Waals surface area contributed by atoms with Gasteiger partial charge in [-0.15, -0.1) is 10.2 Å². The predicted molar refractivity (Wildman–Crippen MR) is 55.9 cm³/mol. The third-order valence-electron chi connectivity index (χ3n) is 2.01. The number of benzene rings is 1. The predicted octanol–water partition coefficient (Wildman–Crippen LogP) is 1.72. The van der Waals surface area contributed by atoms with Gasteiger partial charge in [0.2, 0.25) is 5.95 Å². The van der Waals surface area contributed by atoms with E-state index in [1.165, 1.54) is 0 Å². The highest BCUT2D eigenvalue weighted by Gasteiger charge is 2.07. The van der Waals surface area contributed by atoms with E-state index in [1.807, 2.05) is 31.3 Å². The molecule has 0 atom stereocenters. The average molecular weight is 209 g/mol. The van der Waals surface area contributed by atoms with Crippen molar-refractivity contribution in [3.05, 3.63) is 29.3 Å². The standard InChI is InChI=1S/C9H9ClN4/c1-14-8(12-13-9(14)11)6-2-4-7(10)5-3-6/h2-5H,1H3,(H2,11,13). The van der Waals surface area contributed by atoms with Crippen LogP contribution in [0.1, 0.15) is 0 Å². The largest absolute Gasteiger partial charge is 0.368 e. The van der Waals surface area contributed by atoms with Crippen molar-refractivity contribution in [1.29, 1.82) is 0 Å². The Morgan fingerprint density at radius 1 is 1.21 bits per heavy atom. The molecular formula is C9H9ClN4. The molecule has 0 saturated carbocycles. The molecule has 0 saturated heterocycles. The lowest BCUT2D eigenvalue weighted by molar-refractivity contribution is 0.934. The molecule has 2 aromatic rings. The van der Waals surface area contributed by atoms with Gasteiger partial charge >= 0.3 is 0 Å². The zero-order valence-electron chi connectivity index (χ0n) is 7.61. The van der Waals surface area contributed by atoms with Crippen LogP contribution in [0.2, 0.25) is 5.02 Å². The maximum atomic E-state index is 5.78. The third-order valence-corrected chi connectivity index (χ3v) is 2.26. The highest BCUT2D eigenvalue weighted by atomic mass is 35.5. The second kappa shape index (κ2) is 3.31. The van der Waals surface area contributed by atoms with Gasteiger partial charge in [0.1, 0.15) is 0 Å². The summed E-state index contributed by atoms with van der Waals surface area (Å²) in [7, 11) is 1.82. The number of nitrogen functional groups attached to an aromatic ring is 1. The second-order valence-electron chi connectivity index (χ2n) is 2.95. The van der Waals surface area contributed by atoms with Gasteiger partial charge in [-0.1, -0.05) is 11.6 Å². The first kappa shape index (κ1) is 9.02. The lowest BCUT2D eigenvalue weighted by Crippen LogP contribution is -1.98. The molecule has 0 fully saturated rings. The smallest absolute Gasteiger partial charge is 0.222 e. The van der Waals surface area contributed by atoms with Crippen molar-refractivity contribution in [3.8, 4) is 11.4 Å². The molecule has 72 valence electrons. The Labute approximate surface area is 86.3 Å². The van der Waals surface area contributed by atoms with Crippen LogP contribution in [0.5, 0.6) is 0 Å². The molecule has 0 unspecified atom stereocenters. The first-order chi connectivity index (χ1) is 6.68. The van der Waals surface area contributed by atoms with Crippen LogP contribution in [0.3, 0.4) is 0 Å². The van der Waals surface area contributed by atoms with Crippen molar-refractivity contribution in [2.45, 2.75) is 0 Å². The molecule has 0 aliphatic rings. The zero-order chi connectivity index (χ0) is 10.1. The minimum Gasteiger partial charge on any atom is -0.368 e. The molecule has 5 heteroatoms. The summed E-state index contributed by atoms with van der Waals surface area (Å²) in [5.74, 6) is 1.13. The van der Waals surface area contributed by atoms with Crippen LogP contribution in [0.15, 0.2) is 24.3 Å². The minimum atomic E-state index is 0.398. The van der Waals surface area contributed by atoms with Gasteiger partial charge < -0.3 is 5.73 Å². The molecule has 4 nitrogen and oxygen atoms in total. The topological polar surface area (TPSA) is 56.7 Å². The van der Waals surface area contributed by atoms with E-state index >= 15 is 0 Å². The van der Waals surface area contributed by atoms with Gasteiger partial charge in [0, 0.05) is 17.6 Å². The van der Waals surface area contributed by atoms with E-state index in [0.29, 0.717) is 11.0 Å². The second-order valence-corrected chi connectivity index (χ2v) is 3.38. The van der Waals surface area contributed by atoms with Gasteiger partial charge in [-0.05, 0) is 24.3 Å². The van der Waals surface area contributed by atoms with Crippen LogP contribution in [0, 0.1) is 0 Å². The summed E-state index contributed by atoms with van der Waals surface area (Å²) < 4.78 is 1.73. The fraction of sp³-hybridized carbons (Fsp3) is 0.111. The van der Waals surface area contributed by atoms with Gasteiger partial charge in [0.25, 0.3) is 0 Å². The van der Waals surface area contributed by atoms with Crippen LogP contribution in [-0.2, 0) is 7.05 Å². The van der Waals surface area contributed by atoms with Crippen LogP contribution >= 0.6 is 11.6 Å². The summed E-state index contributed by atoms with van der Waals surface area (Å²) in [6, 6.07) is 7.38. The summed E-state index contributed by atoms with van der Waals surface area (Å²) in [4.78, 5) is 0. The van der Waals surface area contributed by atoms with Crippen molar-refractivity contribution in [2.24, 2.45) is 7.05 Å². The summed E-state index contributed by atoms with van der Waals surface area (Å²) in [6.07, 6.45) is 0. The van der Waals surface area contributed by atoms with E-state index in [-0.39, 0.29) is 0 Å². The first-order valence-electron chi connectivity index (χ1n) is 4.09. The molecule has 0 aliphatic heterocycles. The Balaban J connectivity index is 2.49. The van der Waals surface area contributed by atoms with E-state index in [0.717, 1.165) is 11.4 Å². The van der Waals surface area contributed by atoms with Crippen LogP contribution in [0.25, 0.3) is 11.4 Å². The number of aromatic nitrogens is 3. The summed E-state index contributed by atoms with van der Waals surface area (Å²) in [6.45, 7) is 0. The molecule has 1 aromatic heterocycles. The van der Waals surface area contributed by atoms with E-state index < -0.39 is 0 Å². The molecule has 1 aromatic carbocycles. The number of rotatable bonds is 1. The normalized spacial score (nSPS) is 10.4. The Bertz CT molecular complexity index is 446. The summed E-state index contributed by atoms with van der Waals surface area (Å²) in [5.41, 5.74) is 6.52. The molecule has 0 aliphatic carbocycles. The SMILES string of the molecule is Cn1c(N)nnc1-c1ccc(Cl)cc1. The Morgan fingerprint density at radius 3 is 2.36 bits per heavy atom. The molecule has 0 amide bonds. The van der Waals surface area contributed by atoms with Crippen LogP contribution in [-0.4, -0.2) is 14.8 Å². The molecule has 1 heterocycles. The average Bonchev–Trinajstić information content (AvgIpc) is 2.50. The molecule has 2 N–H and O–H groups in total. The Morgan fingerprint density at radius 2 is 1.86 bits per heavy atom. The first-order valence-corrected chi connectivity index (χ1v) is 4.47. The van der Waals surface area contributed by atoms with Crippen molar-refractivity contribution in [2.75, 3.05) is 5.73 Å². The monoisotopic (exact) mass is 208 g/mol. The molecule has 14 heavy (non-hydrogen) atoms. The van der Waals surface area contributed by atoms with Gasteiger partial charge in [0.05, 0.1) is 0 Å². The fourth-order valence-electron chi connectivity index (χ4n) is 1.19. The van der Waals surface area contributed by atoms with Crippen molar-refractivity contribution in [1.82, 2.24) is 14.8 Å². The van der Waals surface area contributed by atoms with Gasteiger partial charge in [-0.3, -0.25) is 4.57 Å². The van der Waals surface area contributed by atoms with Gasteiger partial charge in [-0.2, -0.15) is 0 Å². The van der Waals surface area contributed by atoms with E-state index in [1.54, 1.807) is 4.57 Å². The van der Waals surface area contributed by atoms with E-state index in [2.05, 4.69) is 10.2 Å². The number of halogens is 1. The Hall–Kier alpha value is -1.55. The van der Waals surface area contributed by atoms with Crippen molar-refractivity contribution >= 4 is 17.5 Å². The molecule has 0 radical (unpaired) electrons. The van der Waals surface area contributed by atoms with Crippen molar-refractivity contribution < 1.29 is 0 Å². The van der Waals surface area contributed by atoms with Crippen LogP contribution < -0.4 is 5.73 Å². The summed E-state index contributed by atoms with van der Waals surface area (Å²) in [5, 5.41) is 8.43. The summed E-state index contributed by atoms with van der Waals surface area (Å²) >= 11 is 5.78. The lowest BCUT2D eigenvalue weighted by atomic mass is 10.2. The number of hydrogen-bond donors (Lipinski definition) is 1. The fourth-order valence-corrected chi connectivity index (χ4v) is 1.32.